The molecule has 2 unspecified atom stereocenters. The standard InChI is InChI=1S/C11H21NO4S/c1-8(2)11(3,10(14)15)7-9(13)12-5-6-17(4)16/h8H,5-7H2,1-4H3,(H,12,13)(H,14,15). The van der Waals surface area contributed by atoms with Gasteiger partial charge in [0.1, 0.15) is 0 Å². The molecule has 0 aromatic carbocycles. The van der Waals surface area contributed by atoms with E-state index in [4.69, 9.17) is 5.11 Å². The molecule has 100 valence electrons. The summed E-state index contributed by atoms with van der Waals surface area (Å²) < 4.78 is 10.8. The summed E-state index contributed by atoms with van der Waals surface area (Å²) in [4.78, 5) is 22.7. The maximum atomic E-state index is 11.6. The van der Waals surface area contributed by atoms with Crippen LogP contribution in [0.3, 0.4) is 0 Å². The molecule has 17 heavy (non-hydrogen) atoms. The number of carboxylic acids is 1. The monoisotopic (exact) mass is 263 g/mol. The summed E-state index contributed by atoms with van der Waals surface area (Å²) in [6.07, 6.45) is 1.50. The number of nitrogens with one attached hydrogen (secondary N) is 1. The smallest absolute Gasteiger partial charge is 0.310 e. The lowest BCUT2D eigenvalue weighted by atomic mass is 9.76. The highest BCUT2D eigenvalue weighted by atomic mass is 32.2. The maximum Gasteiger partial charge on any atom is 0.310 e. The molecule has 0 bridgehead atoms. The van der Waals surface area contributed by atoms with E-state index in [1.54, 1.807) is 27.0 Å². The second-order valence-corrected chi connectivity index (χ2v) is 6.24. The molecule has 0 rings (SSSR count). The summed E-state index contributed by atoms with van der Waals surface area (Å²) in [7, 11) is -0.954. The molecule has 0 aliphatic heterocycles. The Morgan fingerprint density at radius 1 is 1.41 bits per heavy atom. The number of hydrogen-bond donors (Lipinski definition) is 2. The van der Waals surface area contributed by atoms with Crippen LogP contribution < -0.4 is 5.32 Å². The van der Waals surface area contributed by atoms with Crippen molar-refractivity contribution in [1.82, 2.24) is 5.32 Å². The van der Waals surface area contributed by atoms with Gasteiger partial charge in [0.05, 0.1) is 5.41 Å². The molecule has 0 heterocycles. The fourth-order valence-corrected chi connectivity index (χ4v) is 1.65. The number of hydrogen-bond acceptors (Lipinski definition) is 3. The van der Waals surface area contributed by atoms with Gasteiger partial charge >= 0.3 is 5.97 Å². The first-order valence-electron chi connectivity index (χ1n) is 5.50. The van der Waals surface area contributed by atoms with Crippen molar-refractivity contribution in [2.45, 2.75) is 27.2 Å². The van der Waals surface area contributed by atoms with Crippen LogP contribution >= 0.6 is 0 Å². The van der Waals surface area contributed by atoms with Crippen LogP contribution in [0.5, 0.6) is 0 Å². The second-order valence-electron chi connectivity index (χ2n) is 4.68. The van der Waals surface area contributed by atoms with Crippen LogP contribution in [0.25, 0.3) is 0 Å². The molecule has 2 atom stereocenters. The lowest BCUT2D eigenvalue weighted by Crippen LogP contribution is -2.39. The van der Waals surface area contributed by atoms with Gasteiger partial charge in [-0.3, -0.25) is 13.8 Å². The van der Waals surface area contributed by atoms with E-state index < -0.39 is 22.2 Å². The molecule has 0 saturated heterocycles. The molecular formula is C11H21NO4S. The summed E-state index contributed by atoms with van der Waals surface area (Å²) >= 11 is 0. The molecule has 1 amide bonds. The van der Waals surface area contributed by atoms with Crippen LogP contribution in [-0.2, 0) is 20.4 Å². The molecule has 0 aromatic rings. The Balaban J connectivity index is 4.34. The third kappa shape index (κ3) is 5.30. The van der Waals surface area contributed by atoms with Gasteiger partial charge in [-0.1, -0.05) is 13.8 Å². The number of carboxylic acid groups (broad SMARTS) is 1. The van der Waals surface area contributed by atoms with Crippen molar-refractivity contribution in [3.8, 4) is 0 Å². The van der Waals surface area contributed by atoms with Gasteiger partial charge < -0.3 is 10.4 Å². The number of amides is 1. The van der Waals surface area contributed by atoms with Crippen molar-refractivity contribution in [1.29, 1.82) is 0 Å². The molecule has 0 aromatic heterocycles. The zero-order valence-electron chi connectivity index (χ0n) is 10.8. The summed E-state index contributed by atoms with van der Waals surface area (Å²) in [6.45, 7) is 5.44. The zero-order valence-corrected chi connectivity index (χ0v) is 11.6. The van der Waals surface area contributed by atoms with Gasteiger partial charge in [-0.15, -0.1) is 0 Å². The van der Waals surface area contributed by atoms with Crippen molar-refractivity contribution in [2.75, 3.05) is 18.6 Å². The molecule has 0 saturated carbocycles. The number of aliphatic carboxylic acids is 1. The van der Waals surface area contributed by atoms with Gasteiger partial charge in [-0.05, 0) is 12.8 Å². The van der Waals surface area contributed by atoms with Gasteiger partial charge in [0.2, 0.25) is 5.91 Å². The number of carbonyl (C=O) groups is 2. The Morgan fingerprint density at radius 2 is 1.94 bits per heavy atom. The lowest BCUT2D eigenvalue weighted by molar-refractivity contribution is -0.153. The predicted octanol–water partition coefficient (Wildman–Crippen LogP) is 0.618. The van der Waals surface area contributed by atoms with Gasteiger partial charge in [0.15, 0.2) is 0 Å². The Bertz CT molecular complexity index is 317. The van der Waals surface area contributed by atoms with Crippen molar-refractivity contribution < 1.29 is 18.9 Å². The van der Waals surface area contributed by atoms with Gasteiger partial charge in [0, 0.05) is 35.8 Å². The average Bonchev–Trinajstić information content (AvgIpc) is 2.15. The van der Waals surface area contributed by atoms with Crippen LogP contribution in [0.4, 0.5) is 0 Å². The van der Waals surface area contributed by atoms with E-state index in [0.29, 0.717) is 12.3 Å². The molecule has 0 aliphatic carbocycles. The van der Waals surface area contributed by atoms with Crippen LogP contribution in [0.15, 0.2) is 0 Å². The molecule has 6 heteroatoms. The largest absolute Gasteiger partial charge is 0.481 e. The van der Waals surface area contributed by atoms with Crippen LogP contribution in [0.1, 0.15) is 27.2 Å². The number of rotatable bonds is 7. The van der Waals surface area contributed by atoms with Gasteiger partial charge in [-0.2, -0.15) is 0 Å². The lowest BCUT2D eigenvalue weighted by Gasteiger charge is -2.28. The summed E-state index contributed by atoms with van der Waals surface area (Å²) in [5, 5.41) is 11.7. The minimum Gasteiger partial charge on any atom is -0.481 e. The molecule has 2 N–H and O–H groups in total. The van der Waals surface area contributed by atoms with Crippen LogP contribution in [-0.4, -0.2) is 39.7 Å². The Labute approximate surface area is 104 Å². The summed E-state index contributed by atoms with van der Waals surface area (Å²) in [6, 6.07) is 0. The first-order chi connectivity index (χ1) is 7.70. The van der Waals surface area contributed by atoms with E-state index in [0.717, 1.165) is 0 Å². The predicted molar refractivity (Wildman–Crippen MR) is 67.1 cm³/mol. The summed E-state index contributed by atoms with van der Waals surface area (Å²) in [5.74, 6) is -1.03. The van der Waals surface area contributed by atoms with E-state index in [1.807, 2.05) is 0 Å². The Hall–Kier alpha value is -0.910. The SMILES string of the molecule is CC(C)C(C)(CC(=O)NCCS(C)=O)C(=O)O. The van der Waals surface area contributed by atoms with E-state index in [9.17, 15) is 13.8 Å². The highest BCUT2D eigenvalue weighted by Crippen LogP contribution is 2.31. The van der Waals surface area contributed by atoms with Gasteiger partial charge in [0.25, 0.3) is 0 Å². The minimum atomic E-state index is -1.06. The average molecular weight is 263 g/mol. The molecular weight excluding hydrogens is 242 g/mol. The van der Waals surface area contributed by atoms with Gasteiger partial charge in [-0.25, -0.2) is 0 Å². The normalized spacial score (nSPS) is 16.3. The highest BCUT2D eigenvalue weighted by molar-refractivity contribution is 7.84. The van der Waals surface area contributed by atoms with Crippen molar-refractivity contribution in [2.24, 2.45) is 11.3 Å². The van der Waals surface area contributed by atoms with Crippen molar-refractivity contribution in [3.63, 3.8) is 0 Å². The minimum absolute atomic E-state index is 0.0592. The second kappa shape index (κ2) is 6.74. The molecule has 0 aliphatic rings. The van der Waals surface area contributed by atoms with E-state index in [-0.39, 0.29) is 18.2 Å². The third-order valence-electron chi connectivity index (χ3n) is 3.00. The molecule has 0 radical (unpaired) electrons. The molecule has 0 spiro atoms. The van der Waals surface area contributed by atoms with E-state index >= 15 is 0 Å². The molecule has 0 fully saturated rings. The van der Waals surface area contributed by atoms with E-state index in [1.165, 1.54) is 0 Å². The van der Waals surface area contributed by atoms with Crippen molar-refractivity contribution in [3.05, 3.63) is 0 Å². The van der Waals surface area contributed by atoms with Crippen LogP contribution in [0, 0.1) is 11.3 Å². The zero-order chi connectivity index (χ0) is 13.6. The first kappa shape index (κ1) is 16.1. The van der Waals surface area contributed by atoms with E-state index in [2.05, 4.69) is 5.32 Å². The topological polar surface area (TPSA) is 83.5 Å². The summed E-state index contributed by atoms with van der Waals surface area (Å²) in [5.41, 5.74) is -1.06. The third-order valence-corrected chi connectivity index (χ3v) is 3.78. The maximum absolute atomic E-state index is 11.6. The van der Waals surface area contributed by atoms with Crippen LogP contribution in [0.2, 0.25) is 0 Å². The fraction of sp³-hybridized carbons (Fsp3) is 0.818. The fourth-order valence-electron chi connectivity index (χ4n) is 1.26. The number of carbonyl (C=O) groups excluding carboxylic acids is 1. The Kier molecular flexibility index (Phi) is 6.37. The quantitative estimate of drug-likeness (QED) is 0.705. The van der Waals surface area contributed by atoms with Crippen molar-refractivity contribution >= 4 is 22.7 Å². The Morgan fingerprint density at radius 3 is 2.29 bits per heavy atom. The molecule has 5 nitrogen and oxygen atoms in total. The first-order valence-corrected chi connectivity index (χ1v) is 7.23. The highest BCUT2D eigenvalue weighted by Gasteiger charge is 2.38.